The lowest BCUT2D eigenvalue weighted by atomic mass is 9.98. The van der Waals surface area contributed by atoms with E-state index in [2.05, 4.69) is 0 Å². The molecule has 0 aliphatic carbocycles. The summed E-state index contributed by atoms with van der Waals surface area (Å²) in [6, 6.07) is 21.1. The Morgan fingerprint density at radius 3 is 2.19 bits per heavy atom. The molecule has 0 N–H and O–H groups in total. The average molecular weight is 492 g/mol. The van der Waals surface area contributed by atoms with Gasteiger partial charge in [-0.3, -0.25) is 4.79 Å². The van der Waals surface area contributed by atoms with Gasteiger partial charge >= 0.3 is 5.97 Å². The molecule has 0 radical (unpaired) electrons. The molecule has 0 bridgehead atoms. The monoisotopic (exact) mass is 491 g/mol. The van der Waals surface area contributed by atoms with Gasteiger partial charge in [-0.2, -0.15) is 15.3 Å². The number of methoxy groups -OCH3 is 2. The molecule has 0 unspecified atom stereocenters. The number of aromatic nitrogens is 1. The first-order chi connectivity index (χ1) is 17.9. The zero-order valence-corrected chi connectivity index (χ0v) is 20.3. The van der Waals surface area contributed by atoms with Crippen molar-refractivity contribution in [2.45, 2.75) is 6.92 Å². The van der Waals surface area contributed by atoms with E-state index in [1.54, 1.807) is 48.5 Å². The van der Waals surface area contributed by atoms with Crippen molar-refractivity contribution < 1.29 is 23.9 Å². The number of nitrogens with zero attached hydrogens (tertiary/aromatic N) is 3. The molecule has 1 heterocycles. The molecule has 0 saturated carbocycles. The van der Waals surface area contributed by atoms with Crippen LogP contribution in [-0.4, -0.2) is 30.7 Å². The van der Waals surface area contributed by atoms with E-state index in [4.69, 9.17) is 14.3 Å². The highest BCUT2D eigenvalue weighted by Gasteiger charge is 2.26. The second kappa shape index (κ2) is 10.5. The molecule has 182 valence electrons. The summed E-state index contributed by atoms with van der Waals surface area (Å²) in [5.41, 5.74) is 2.37. The predicted octanol–water partition coefficient (Wildman–Crippen LogP) is 4.94. The van der Waals surface area contributed by atoms with Crippen LogP contribution >= 0.6 is 0 Å². The van der Waals surface area contributed by atoms with Crippen LogP contribution in [0.25, 0.3) is 28.2 Å². The first-order valence-corrected chi connectivity index (χ1v) is 11.1. The summed E-state index contributed by atoms with van der Waals surface area (Å²) in [5.74, 6) is 0.0605. The normalized spacial score (nSPS) is 10.6. The fraction of sp³-hybridized carbons (Fsp3) is 0.103. The molecule has 0 amide bonds. The average Bonchev–Trinajstić information content (AvgIpc) is 3.23. The Bertz CT molecular complexity index is 1640. The molecular weight excluding hydrogens is 470 g/mol. The fourth-order valence-corrected chi connectivity index (χ4v) is 4.03. The van der Waals surface area contributed by atoms with Crippen LogP contribution < -0.4 is 14.3 Å². The van der Waals surface area contributed by atoms with Gasteiger partial charge in [0.1, 0.15) is 12.1 Å². The standard InChI is InChI=1S/C29H21N3O5/c1-18(33)37-32-24-15-22(17-31)21(16-30)14-23(24)28(29(32)20-7-5-4-6-8-20)25(34)11-9-19-10-12-26(35-2)27(13-19)36-3/h4-15H,1-3H3/b11-9+. The largest absolute Gasteiger partial charge is 0.493 e. The Balaban J connectivity index is 1.97. The highest BCUT2D eigenvalue weighted by atomic mass is 16.7. The summed E-state index contributed by atoms with van der Waals surface area (Å²) < 4.78 is 11.8. The van der Waals surface area contributed by atoms with Crippen molar-refractivity contribution in [2.75, 3.05) is 14.2 Å². The SMILES string of the molecule is COc1ccc(/C=C/C(=O)c2c(-c3ccccc3)n(OC(C)=O)c3cc(C#N)c(C#N)cc23)cc1OC. The summed E-state index contributed by atoms with van der Waals surface area (Å²) in [5, 5.41) is 19.5. The van der Waals surface area contributed by atoms with Crippen LogP contribution in [0.5, 0.6) is 11.5 Å². The Kier molecular flexibility index (Phi) is 7.04. The van der Waals surface area contributed by atoms with Crippen LogP contribution in [0.1, 0.15) is 34.0 Å². The summed E-state index contributed by atoms with van der Waals surface area (Å²) in [6.45, 7) is 1.24. The van der Waals surface area contributed by atoms with E-state index in [1.807, 2.05) is 18.2 Å². The highest BCUT2D eigenvalue weighted by molar-refractivity contribution is 6.19. The summed E-state index contributed by atoms with van der Waals surface area (Å²) >= 11 is 0. The van der Waals surface area contributed by atoms with E-state index in [1.165, 1.54) is 44.1 Å². The maximum Gasteiger partial charge on any atom is 0.329 e. The number of carbonyl (C=O) groups excluding carboxylic acids is 2. The first kappa shape index (κ1) is 24.8. The minimum absolute atomic E-state index is 0.0976. The lowest BCUT2D eigenvalue weighted by Crippen LogP contribution is -2.18. The Morgan fingerprint density at radius 1 is 0.892 bits per heavy atom. The lowest BCUT2D eigenvalue weighted by molar-refractivity contribution is -0.140. The van der Waals surface area contributed by atoms with Gasteiger partial charge in [-0.1, -0.05) is 42.5 Å². The van der Waals surface area contributed by atoms with Crippen molar-refractivity contribution in [1.82, 2.24) is 4.73 Å². The fourth-order valence-electron chi connectivity index (χ4n) is 4.03. The van der Waals surface area contributed by atoms with E-state index < -0.39 is 11.8 Å². The third-order valence-electron chi connectivity index (χ3n) is 5.65. The number of benzene rings is 3. The predicted molar refractivity (Wildman–Crippen MR) is 137 cm³/mol. The lowest BCUT2D eigenvalue weighted by Gasteiger charge is -2.10. The number of nitriles is 2. The van der Waals surface area contributed by atoms with Gasteiger partial charge in [0, 0.05) is 17.9 Å². The molecule has 8 nitrogen and oxygen atoms in total. The molecule has 0 spiro atoms. The van der Waals surface area contributed by atoms with Gasteiger partial charge in [0.15, 0.2) is 17.3 Å². The molecule has 0 atom stereocenters. The summed E-state index contributed by atoms with van der Waals surface area (Å²) in [7, 11) is 3.06. The van der Waals surface area contributed by atoms with E-state index in [0.717, 1.165) is 0 Å². The molecule has 0 saturated heterocycles. The zero-order valence-electron chi connectivity index (χ0n) is 20.3. The van der Waals surface area contributed by atoms with Crippen molar-refractivity contribution >= 4 is 28.7 Å². The molecular formula is C29H21N3O5. The minimum atomic E-state index is -0.614. The molecule has 37 heavy (non-hydrogen) atoms. The number of rotatable bonds is 7. The number of hydrogen-bond donors (Lipinski definition) is 0. The van der Waals surface area contributed by atoms with E-state index in [9.17, 15) is 20.1 Å². The molecule has 8 heteroatoms. The van der Waals surface area contributed by atoms with Gasteiger partial charge in [-0.25, -0.2) is 4.79 Å². The Labute approximate surface area is 213 Å². The quantitative estimate of drug-likeness (QED) is 0.266. The van der Waals surface area contributed by atoms with Crippen LogP contribution in [0, 0.1) is 22.7 Å². The van der Waals surface area contributed by atoms with E-state index in [0.29, 0.717) is 39.2 Å². The molecule has 0 aliphatic rings. The van der Waals surface area contributed by atoms with E-state index in [-0.39, 0.29) is 16.7 Å². The number of carbonyl (C=O) groups is 2. The van der Waals surface area contributed by atoms with Crippen molar-refractivity contribution in [3.05, 3.63) is 89.0 Å². The number of fused-ring (bicyclic) bond motifs is 1. The first-order valence-electron chi connectivity index (χ1n) is 11.1. The zero-order chi connectivity index (χ0) is 26.5. The summed E-state index contributed by atoms with van der Waals surface area (Å²) in [4.78, 5) is 31.3. The van der Waals surface area contributed by atoms with Gasteiger partial charge < -0.3 is 14.3 Å². The van der Waals surface area contributed by atoms with Gasteiger partial charge in [-0.15, -0.1) is 0 Å². The van der Waals surface area contributed by atoms with Gasteiger partial charge in [0.25, 0.3) is 0 Å². The maximum absolute atomic E-state index is 13.7. The molecule has 1 aromatic heterocycles. The highest BCUT2D eigenvalue weighted by Crippen LogP contribution is 2.36. The molecule has 0 fully saturated rings. The third kappa shape index (κ3) is 4.77. The second-order valence-electron chi connectivity index (χ2n) is 7.92. The molecule has 0 aliphatic heterocycles. The van der Waals surface area contributed by atoms with Crippen LogP contribution in [0.2, 0.25) is 0 Å². The van der Waals surface area contributed by atoms with E-state index >= 15 is 0 Å². The van der Waals surface area contributed by atoms with Crippen LogP contribution in [0.15, 0.2) is 66.7 Å². The van der Waals surface area contributed by atoms with Gasteiger partial charge in [-0.05, 0) is 35.9 Å². The number of ketones is 1. The minimum Gasteiger partial charge on any atom is -0.493 e. The van der Waals surface area contributed by atoms with Crippen LogP contribution in [0.4, 0.5) is 0 Å². The molecule has 4 rings (SSSR count). The number of hydrogen-bond acceptors (Lipinski definition) is 7. The summed E-state index contributed by atoms with van der Waals surface area (Å²) in [6.07, 6.45) is 3.02. The van der Waals surface area contributed by atoms with Crippen LogP contribution in [0.3, 0.4) is 0 Å². The number of ether oxygens (including phenoxy) is 2. The van der Waals surface area contributed by atoms with Crippen molar-refractivity contribution in [3.8, 4) is 34.9 Å². The van der Waals surface area contributed by atoms with Crippen molar-refractivity contribution in [3.63, 3.8) is 0 Å². The van der Waals surface area contributed by atoms with Crippen molar-refractivity contribution in [1.29, 1.82) is 10.5 Å². The third-order valence-corrected chi connectivity index (χ3v) is 5.65. The molecule has 3 aromatic carbocycles. The van der Waals surface area contributed by atoms with Gasteiger partial charge in [0.05, 0.1) is 42.1 Å². The maximum atomic E-state index is 13.7. The Hall–Kier alpha value is -5.34. The second-order valence-corrected chi connectivity index (χ2v) is 7.92. The number of allylic oxidation sites excluding steroid dienone is 1. The topological polar surface area (TPSA) is 114 Å². The van der Waals surface area contributed by atoms with Crippen molar-refractivity contribution in [2.24, 2.45) is 0 Å². The Morgan fingerprint density at radius 2 is 1.57 bits per heavy atom. The van der Waals surface area contributed by atoms with Crippen LogP contribution in [-0.2, 0) is 4.79 Å². The smallest absolute Gasteiger partial charge is 0.329 e. The van der Waals surface area contributed by atoms with Gasteiger partial charge in [0.2, 0.25) is 0 Å². The molecule has 4 aromatic rings.